The largest absolute Gasteiger partial charge is 0.508 e. The van der Waals surface area contributed by atoms with E-state index >= 15 is 0 Å². The molecule has 24 heavy (non-hydrogen) atoms. The number of ether oxygens (including phenoxy) is 1. The molecule has 0 saturated heterocycles. The molecular weight excluding hydrogens is 345 g/mol. The van der Waals surface area contributed by atoms with Crippen molar-refractivity contribution in [2.24, 2.45) is 0 Å². The molecule has 5 heteroatoms. The maximum absolute atomic E-state index is 9.70. The SMILES string of the molecule is N#Cc1cc(C2CCCc3cc(O)ccc32)cc(Cl)c1OCCCl. The van der Waals surface area contributed by atoms with Crippen molar-refractivity contribution in [3.63, 3.8) is 0 Å². The fourth-order valence-corrected chi connectivity index (χ4v) is 3.69. The zero-order valence-electron chi connectivity index (χ0n) is 13.1. The highest BCUT2D eigenvalue weighted by Crippen LogP contribution is 2.41. The number of aromatic hydroxyl groups is 1. The monoisotopic (exact) mass is 361 g/mol. The Bertz CT molecular complexity index is 799. The van der Waals surface area contributed by atoms with Crippen LogP contribution in [0.25, 0.3) is 0 Å². The number of fused-ring (bicyclic) bond motifs is 1. The van der Waals surface area contributed by atoms with Crippen molar-refractivity contribution in [2.75, 3.05) is 12.5 Å². The average molecular weight is 362 g/mol. The highest BCUT2D eigenvalue weighted by molar-refractivity contribution is 6.32. The van der Waals surface area contributed by atoms with E-state index in [4.69, 9.17) is 27.9 Å². The normalized spacial score (nSPS) is 16.3. The summed E-state index contributed by atoms with van der Waals surface area (Å²) in [7, 11) is 0. The second-order valence-electron chi connectivity index (χ2n) is 5.86. The van der Waals surface area contributed by atoms with Crippen molar-refractivity contribution >= 4 is 23.2 Å². The van der Waals surface area contributed by atoms with Crippen LogP contribution in [0, 0.1) is 11.3 Å². The Kier molecular flexibility index (Phi) is 5.18. The third-order valence-electron chi connectivity index (χ3n) is 4.35. The molecule has 2 aromatic carbocycles. The van der Waals surface area contributed by atoms with Gasteiger partial charge >= 0.3 is 0 Å². The number of hydrogen-bond donors (Lipinski definition) is 1. The maximum Gasteiger partial charge on any atom is 0.155 e. The Morgan fingerprint density at radius 2 is 2.12 bits per heavy atom. The summed E-state index contributed by atoms with van der Waals surface area (Å²) in [5.74, 6) is 1.18. The molecule has 2 aromatic rings. The van der Waals surface area contributed by atoms with Crippen LogP contribution in [0.1, 0.15) is 41.0 Å². The summed E-state index contributed by atoms with van der Waals surface area (Å²) >= 11 is 12.0. The molecule has 1 atom stereocenters. The summed E-state index contributed by atoms with van der Waals surface area (Å²) in [4.78, 5) is 0. The number of phenols is 1. The molecule has 1 aliphatic carbocycles. The fourth-order valence-electron chi connectivity index (χ4n) is 3.33. The Morgan fingerprint density at radius 1 is 1.29 bits per heavy atom. The first-order valence-corrected chi connectivity index (χ1v) is 8.79. The molecule has 3 nitrogen and oxygen atoms in total. The van der Waals surface area contributed by atoms with Crippen LogP contribution in [0.2, 0.25) is 5.02 Å². The van der Waals surface area contributed by atoms with E-state index in [1.54, 1.807) is 6.07 Å². The van der Waals surface area contributed by atoms with Gasteiger partial charge in [0.25, 0.3) is 0 Å². The van der Waals surface area contributed by atoms with Crippen LogP contribution in [0.5, 0.6) is 11.5 Å². The van der Waals surface area contributed by atoms with Gasteiger partial charge in [0.2, 0.25) is 0 Å². The lowest BCUT2D eigenvalue weighted by Gasteiger charge is -2.26. The van der Waals surface area contributed by atoms with Crippen LogP contribution < -0.4 is 4.74 Å². The number of hydrogen-bond acceptors (Lipinski definition) is 3. The third-order valence-corrected chi connectivity index (χ3v) is 4.79. The first-order valence-electron chi connectivity index (χ1n) is 7.88. The topological polar surface area (TPSA) is 53.2 Å². The Morgan fingerprint density at radius 3 is 2.88 bits per heavy atom. The first-order chi connectivity index (χ1) is 11.6. The quantitative estimate of drug-likeness (QED) is 0.779. The van der Waals surface area contributed by atoms with E-state index in [2.05, 4.69) is 6.07 Å². The summed E-state index contributed by atoms with van der Waals surface area (Å²) in [6.07, 6.45) is 2.97. The standard InChI is InChI=1S/C19H17Cl2NO2/c20-6-7-24-19-14(11-22)8-13(10-18(19)21)16-3-1-2-12-9-15(23)4-5-17(12)16/h4-5,8-10,16,23H,1-3,6-7H2. The highest BCUT2D eigenvalue weighted by Gasteiger charge is 2.24. The summed E-state index contributed by atoms with van der Waals surface area (Å²) in [6, 6.07) is 11.4. The molecule has 0 heterocycles. The molecule has 1 unspecified atom stereocenters. The predicted molar refractivity (Wildman–Crippen MR) is 95.3 cm³/mol. The number of phenolic OH excluding ortho intramolecular Hbond substituents is 1. The van der Waals surface area contributed by atoms with Gasteiger partial charge in [-0.15, -0.1) is 11.6 Å². The second-order valence-corrected chi connectivity index (χ2v) is 6.64. The second kappa shape index (κ2) is 7.34. The maximum atomic E-state index is 9.70. The lowest BCUT2D eigenvalue weighted by Crippen LogP contribution is -2.11. The third kappa shape index (κ3) is 3.31. The first kappa shape index (κ1) is 17.0. The van der Waals surface area contributed by atoms with Gasteiger partial charge in [0.05, 0.1) is 16.5 Å². The van der Waals surface area contributed by atoms with Crippen molar-refractivity contribution < 1.29 is 9.84 Å². The molecular formula is C19H17Cl2NO2. The van der Waals surface area contributed by atoms with E-state index in [9.17, 15) is 10.4 Å². The predicted octanol–water partition coefficient (Wildman–Crippen LogP) is 5.00. The van der Waals surface area contributed by atoms with Gasteiger partial charge in [0.1, 0.15) is 18.4 Å². The smallest absolute Gasteiger partial charge is 0.155 e. The van der Waals surface area contributed by atoms with Crippen molar-refractivity contribution in [3.8, 4) is 17.6 Å². The number of nitriles is 1. The number of alkyl halides is 1. The molecule has 0 amide bonds. The van der Waals surface area contributed by atoms with E-state index in [1.165, 1.54) is 5.56 Å². The van der Waals surface area contributed by atoms with Crippen LogP contribution in [0.4, 0.5) is 0 Å². The number of halogens is 2. The van der Waals surface area contributed by atoms with Gasteiger partial charge < -0.3 is 9.84 Å². The van der Waals surface area contributed by atoms with Crippen LogP contribution in [-0.4, -0.2) is 17.6 Å². The molecule has 0 spiro atoms. The molecule has 124 valence electrons. The molecule has 0 fully saturated rings. The average Bonchev–Trinajstić information content (AvgIpc) is 2.59. The van der Waals surface area contributed by atoms with Crippen molar-refractivity contribution in [1.82, 2.24) is 0 Å². The van der Waals surface area contributed by atoms with E-state index in [1.807, 2.05) is 24.3 Å². The van der Waals surface area contributed by atoms with Gasteiger partial charge in [-0.05, 0) is 60.2 Å². The summed E-state index contributed by atoms with van der Waals surface area (Å²) in [5, 5.41) is 19.6. The van der Waals surface area contributed by atoms with Crippen LogP contribution in [-0.2, 0) is 6.42 Å². The van der Waals surface area contributed by atoms with Gasteiger partial charge in [-0.1, -0.05) is 17.7 Å². The molecule has 0 bridgehead atoms. The zero-order chi connectivity index (χ0) is 17.1. The van der Waals surface area contributed by atoms with Gasteiger partial charge in [-0.2, -0.15) is 5.26 Å². The van der Waals surface area contributed by atoms with Crippen LogP contribution >= 0.6 is 23.2 Å². The minimum absolute atomic E-state index is 0.168. The van der Waals surface area contributed by atoms with Crippen LogP contribution in [0.3, 0.4) is 0 Å². The molecule has 1 aliphatic rings. The van der Waals surface area contributed by atoms with Crippen LogP contribution in [0.15, 0.2) is 30.3 Å². The molecule has 0 aromatic heterocycles. The van der Waals surface area contributed by atoms with Crippen molar-refractivity contribution in [2.45, 2.75) is 25.2 Å². The molecule has 0 saturated carbocycles. The molecule has 3 rings (SSSR count). The van der Waals surface area contributed by atoms with Gasteiger partial charge in [-0.25, -0.2) is 0 Å². The highest BCUT2D eigenvalue weighted by atomic mass is 35.5. The fraction of sp³-hybridized carbons (Fsp3) is 0.316. The van der Waals surface area contributed by atoms with Crippen molar-refractivity contribution in [3.05, 3.63) is 57.6 Å². The lowest BCUT2D eigenvalue weighted by molar-refractivity contribution is 0.342. The number of nitrogens with zero attached hydrogens (tertiary/aromatic N) is 1. The minimum Gasteiger partial charge on any atom is -0.508 e. The van der Waals surface area contributed by atoms with Gasteiger partial charge in [-0.3, -0.25) is 0 Å². The van der Waals surface area contributed by atoms with Crippen molar-refractivity contribution in [1.29, 1.82) is 5.26 Å². The van der Waals surface area contributed by atoms with Gasteiger partial charge in [0, 0.05) is 5.92 Å². The molecule has 0 radical (unpaired) electrons. The van der Waals surface area contributed by atoms with E-state index < -0.39 is 0 Å². The number of benzene rings is 2. The van der Waals surface area contributed by atoms with Gasteiger partial charge in [0.15, 0.2) is 5.75 Å². The minimum atomic E-state index is 0.168. The lowest BCUT2D eigenvalue weighted by atomic mass is 9.78. The molecule has 1 N–H and O–H groups in total. The number of aryl methyl sites for hydroxylation is 1. The Hall–Kier alpha value is -1.89. The number of rotatable bonds is 4. The summed E-state index contributed by atoms with van der Waals surface area (Å²) in [6.45, 7) is 0.306. The zero-order valence-corrected chi connectivity index (χ0v) is 14.6. The summed E-state index contributed by atoms with van der Waals surface area (Å²) < 4.78 is 5.52. The summed E-state index contributed by atoms with van der Waals surface area (Å²) in [5.41, 5.74) is 3.77. The van der Waals surface area contributed by atoms with E-state index in [0.29, 0.717) is 28.8 Å². The molecule has 0 aliphatic heterocycles. The van der Waals surface area contributed by atoms with E-state index in [-0.39, 0.29) is 11.7 Å². The Labute approximate surface area is 151 Å². The Balaban J connectivity index is 2.02. The van der Waals surface area contributed by atoms with E-state index in [0.717, 1.165) is 30.4 Å².